The third-order valence-corrected chi connectivity index (χ3v) is 6.23. The van der Waals surface area contributed by atoms with Crippen molar-refractivity contribution >= 4 is 23.3 Å². The first-order chi connectivity index (χ1) is 16.0. The number of methoxy groups -OCH3 is 2. The minimum Gasteiger partial charge on any atom is -0.497 e. The van der Waals surface area contributed by atoms with E-state index in [9.17, 15) is 4.79 Å². The average Bonchev–Trinajstić information content (AvgIpc) is 3.42. The van der Waals surface area contributed by atoms with Gasteiger partial charge in [-0.05, 0) is 36.2 Å². The van der Waals surface area contributed by atoms with Crippen molar-refractivity contribution in [3.05, 3.63) is 77.8 Å². The molecule has 0 radical (unpaired) electrons. The van der Waals surface area contributed by atoms with Crippen LogP contribution in [0.3, 0.4) is 0 Å². The highest BCUT2D eigenvalue weighted by Gasteiger charge is 2.22. The summed E-state index contributed by atoms with van der Waals surface area (Å²) in [4.78, 5) is 22.0. The number of carbonyl (C=O) groups excluding carboxylic acids is 1. The summed E-state index contributed by atoms with van der Waals surface area (Å²) in [5.74, 6) is 2.88. The van der Waals surface area contributed by atoms with Crippen molar-refractivity contribution in [1.82, 2.24) is 24.3 Å². The number of imidazole rings is 2. The van der Waals surface area contributed by atoms with Gasteiger partial charge in [-0.3, -0.25) is 4.79 Å². The van der Waals surface area contributed by atoms with E-state index in [2.05, 4.69) is 15.3 Å². The zero-order valence-corrected chi connectivity index (χ0v) is 19.9. The Morgan fingerprint density at radius 2 is 1.91 bits per heavy atom. The molecule has 1 amide bonds. The van der Waals surface area contributed by atoms with Crippen molar-refractivity contribution in [2.75, 3.05) is 20.0 Å². The van der Waals surface area contributed by atoms with Gasteiger partial charge in [-0.25, -0.2) is 9.97 Å². The molecule has 0 spiro atoms. The lowest BCUT2D eigenvalue weighted by atomic mass is 10.0. The van der Waals surface area contributed by atoms with Crippen molar-refractivity contribution in [2.24, 2.45) is 7.05 Å². The third kappa shape index (κ3) is 5.31. The van der Waals surface area contributed by atoms with Gasteiger partial charge < -0.3 is 23.8 Å². The molecule has 172 valence electrons. The fourth-order valence-corrected chi connectivity index (χ4v) is 4.34. The van der Waals surface area contributed by atoms with E-state index in [4.69, 9.17) is 9.47 Å². The molecule has 0 saturated heterocycles. The zero-order chi connectivity index (χ0) is 23.4. The smallest absolute Gasteiger partial charge is 0.230 e. The number of nitrogens with one attached hydrogen (secondary N) is 1. The number of aryl methyl sites for hydroxylation is 2. The Bertz CT molecular complexity index is 1240. The molecule has 0 unspecified atom stereocenters. The number of aromatic nitrogens is 4. The number of hydrogen-bond donors (Lipinski definition) is 1. The summed E-state index contributed by atoms with van der Waals surface area (Å²) < 4.78 is 14.7. The van der Waals surface area contributed by atoms with Gasteiger partial charge in [0.15, 0.2) is 0 Å². The van der Waals surface area contributed by atoms with Gasteiger partial charge >= 0.3 is 0 Å². The van der Waals surface area contributed by atoms with E-state index < -0.39 is 6.04 Å². The highest BCUT2D eigenvalue weighted by molar-refractivity contribution is 7.99. The maximum atomic E-state index is 12.9. The highest BCUT2D eigenvalue weighted by Crippen LogP contribution is 2.29. The molecule has 3 aromatic heterocycles. The van der Waals surface area contributed by atoms with Crippen molar-refractivity contribution < 1.29 is 14.3 Å². The molecule has 0 fully saturated rings. The van der Waals surface area contributed by atoms with Crippen molar-refractivity contribution in [3.63, 3.8) is 0 Å². The maximum absolute atomic E-state index is 12.9. The summed E-state index contributed by atoms with van der Waals surface area (Å²) in [6.07, 6.45) is 7.62. The minimum atomic E-state index is -0.444. The molecule has 1 aromatic carbocycles. The van der Waals surface area contributed by atoms with Crippen LogP contribution in [0, 0.1) is 6.92 Å². The number of pyridine rings is 1. The Hall–Kier alpha value is -3.46. The molecule has 0 aliphatic carbocycles. The quantitative estimate of drug-likeness (QED) is 0.407. The van der Waals surface area contributed by atoms with Gasteiger partial charge in [0.2, 0.25) is 5.91 Å². The predicted molar refractivity (Wildman–Crippen MR) is 129 cm³/mol. The molecule has 1 atom stereocenters. The number of thioether (sulfide) groups is 1. The monoisotopic (exact) mass is 465 g/mol. The van der Waals surface area contributed by atoms with Crippen LogP contribution >= 0.6 is 11.8 Å². The number of benzene rings is 1. The lowest BCUT2D eigenvalue weighted by Crippen LogP contribution is -2.32. The van der Waals surface area contributed by atoms with Gasteiger partial charge in [-0.1, -0.05) is 6.07 Å². The molecule has 9 heteroatoms. The van der Waals surface area contributed by atoms with Crippen molar-refractivity contribution in [1.29, 1.82) is 0 Å². The number of rotatable bonds is 9. The molecule has 1 N–H and O–H groups in total. The van der Waals surface area contributed by atoms with Gasteiger partial charge in [0, 0.05) is 43.7 Å². The summed E-state index contributed by atoms with van der Waals surface area (Å²) in [5, 5.41) is 3.12. The number of amides is 1. The van der Waals surface area contributed by atoms with Gasteiger partial charge in [0.25, 0.3) is 0 Å². The number of ether oxygens (including phenoxy) is 2. The normalized spacial score (nSPS) is 12.0. The molecular formula is C24H27N5O3S. The molecule has 0 aliphatic heterocycles. The summed E-state index contributed by atoms with van der Waals surface area (Å²) in [6, 6.07) is 9.16. The molecule has 33 heavy (non-hydrogen) atoms. The first-order valence-electron chi connectivity index (χ1n) is 10.5. The van der Waals surface area contributed by atoms with Crippen molar-refractivity contribution in [3.8, 4) is 11.5 Å². The fraction of sp³-hybridized carbons (Fsp3) is 0.292. The maximum Gasteiger partial charge on any atom is 0.230 e. The minimum absolute atomic E-state index is 0.0885. The summed E-state index contributed by atoms with van der Waals surface area (Å²) in [6.45, 7) is 2.05. The second-order valence-corrected chi connectivity index (χ2v) is 8.73. The van der Waals surface area contributed by atoms with E-state index in [0.29, 0.717) is 23.0 Å². The third-order valence-electron chi connectivity index (χ3n) is 5.26. The second kappa shape index (κ2) is 9.99. The van der Waals surface area contributed by atoms with E-state index in [1.165, 1.54) is 17.3 Å². The molecule has 3 heterocycles. The number of carbonyl (C=O) groups is 1. The average molecular weight is 466 g/mol. The molecule has 4 rings (SSSR count). The molecule has 4 aromatic rings. The Balaban J connectivity index is 1.47. The number of nitrogens with zero attached hydrogens (tertiary/aromatic N) is 4. The van der Waals surface area contributed by atoms with Crippen LogP contribution in [0.1, 0.15) is 28.7 Å². The van der Waals surface area contributed by atoms with E-state index in [1.807, 2.05) is 65.8 Å². The van der Waals surface area contributed by atoms with Gasteiger partial charge in [-0.2, -0.15) is 0 Å². The van der Waals surface area contributed by atoms with E-state index in [-0.39, 0.29) is 5.91 Å². The Morgan fingerprint density at radius 3 is 2.58 bits per heavy atom. The number of fused-ring (bicyclic) bond motifs is 1. The molecule has 8 nitrogen and oxygen atoms in total. The van der Waals surface area contributed by atoms with Crippen LogP contribution in [0.15, 0.2) is 55.1 Å². The lowest BCUT2D eigenvalue weighted by molar-refractivity contribution is -0.119. The number of hydrogen-bond acceptors (Lipinski definition) is 6. The van der Waals surface area contributed by atoms with E-state index >= 15 is 0 Å². The Kier molecular flexibility index (Phi) is 6.88. The van der Waals surface area contributed by atoms with Gasteiger partial charge in [-0.15, -0.1) is 11.8 Å². The first kappa shape index (κ1) is 22.7. The van der Waals surface area contributed by atoms with Gasteiger partial charge in [0.1, 0.15) is 29.0 Å². The summed E-state index contributed by atoms with van der Waals surface area (Å²) >= 11 is 1.52. The Morgan fingerprint density at radius 1 is 1.15 bits per heavy atom. The SMILES string of the molecule is COc1cc(OC)cc([C@@H](NC(=O)CSCc2cn3cc(C)ccc3n2)c2nccn2C)c1. The van der Waals surface area contributed by atoms with Crippen LogP contribution in [0.5, 0.6) is 11.5 Å². The molecule has 0 bridgehead atoms. The fourth-order valence-electron chi connectivity index (χ4n) is 3.62. The van der Waals surface area contributed by atoms with Crippen LogP contribution in [0.2, 0.25) is 0 Å². The van der Waals surface area contributed by atoms with Crippen LogP contribution in [0.25, 0.3) is 5.65 Å². The highest BCUT2D eigenvalue weighted by atomic mass is 32.2. The first-order valence-corrected chi connectivity index (χ1v) is 11.6. The summed E-state index contributed by atoms with van der Waals surface area (Å²) in [7, 11) is 5.10. The van der Waals surface area contributed by atoms with E-state index in [1.54, 1.807) is 26.5 Å². The predicted octanol–water partition coefficient (Wildman–Crippen LogP) is 3.53. The van der Waals surface area contributed by atoms with Crippen LogP contribution in [0.4, 0.5) is 0 Å². The van der Waals surface area contributed by atoms with Crippen LogP contribution < -0.4 is 14.8 Å². The van der Waals surface area contributed by atoms with E-state index in [0.717, 1.165) is 22.7 Å². The van der Waals surface area contributed by atoms with Gasteiger partial charge in [0.05, 0.1) is 25.7 Å². The second-order valence-electron chi connectivity index (χ2n) is 7.74. The lowest BCUT2D eigenvalue weighted by Gasteiger charge is -2.20. The molecule has 0 saturated carbocycles. The molecular weight excluding hydrogens is 438 g/mol. The summed E-state index contributed by atoms with van der Waals surface area (Å²) in [5.41, 5.74) is 3.85. The standard InChI is InChI=1S/C24H27N5O3S/c1-16-5-6-21-26-18(13-29(21)12-16)14-33-15-22(30)27-23(24-25-7-8-28(24)2)17-9-19(31-3)11-20(10-17)32-4/h5-13,23H,14-15H2,1-4H3,(H,27,30)/t23-/m1/s1. The molecule has 0 aliphatic rings. The zero-order valence-electron chi connectivity index (χ0n) is 19.1. The van der Waals surface area contributed by atoms with Crippen molar-refractivity contribution in [2.45, 2.75) is 18.7 Å². The van der Waals surface area contributed by atoms with Crippen LogP contribution in [-0.4, -0.2) is 44.8 Å². The van der Waals surface area contributed by atoms with Crippen LogP contribution in [-0.2, 0) is 17.6 Å². The largest absolute Gasteiger partial charge is 0.497 e. The Labute approximate surface area is 197 Å². The topological polar surface area (TPSA) is 82.7 Å².